The van der Waals surface area contributed by atoms with Crippen LogP contribution >= 0.6 is 11.6 Å². The molecule has 0 saturated heterocycles. The van der Waals surface area contributed by atoms with Crippen molar-refractivity contribution in [2.24, 2.45) is 0 Å². The van der Waals surface area contributed by atoms with E-state index in [2.05, 4.69) is 24.1 Å². The van der Waals surface area contributed by atoms with E-state index in [4.69, 9.17) is 16.7 Å². The number of rotatable bonds is 2. The first-order chi connectivity index (χ1) is 10.0. The topological polar surface area (TPSA) is 49.3 Å². The predicted molar refractivity (Wildman–Crippen MR) is 84.4 cm³/mol. The van der Waals surface area contributed by atoms with Crippen molar-refractivity contribution in [2.75, 3.05) is 6.61 Å². The van der Waals surface area contributed by atoms with Crippen LogP contribution in [0.3, 0.4) is 0 Å². The second-order valence-corrected chi connectivity index (χ2v) is 6.14. The lowest BCUT2D eigenvalue weighted by atomic mass is 9.83. The number of amides is 1. The van der Waals surface area contributed by atoms with Gasteiger partial charge in [-0.25, -0.2) is 0 Å². The van der Waals surface area contributed by atoms with Gasteiger partial charge in [-0.15, -0.1) is 0 Å². The molecule has 4 heteroatoms. The fourth-order valence-corrected chi connectivity index (χ4v) is 2.92. The Morgan fingerprint density at radius 3 is 2.71 bits per heavy atom. The van der Waals surface area contributed by atoms with Gasteiger partial charge in [0.25, 0.3) is 5.91 Å². The monoisotopic (exact) mass is 305 g/mol. The zero-order valence-corrected chi connectivity index (χ0v) is 13.0. The molecule has 0 aliphatic heterocycles. The molecule has 0 radical (unpaired) electrons. The van der Waals surface area contributed by atoms with Gasteiger partial charge in [0, 0.05) is 16.7 Å². The van der Waals surface area contributed by atoms with Crippen LogP contribution in [0, 0.1) is 11.8 Å². The molecule has 0 spiro atoms. The number of benzene rings is 1. The third-order valence-electron chi connectivity index (χ3n) is 3.91. The van der Waals surface area contributed by atoms with Crippen molar-refractivity contribution >= 4 is 17.5 Å². The number of carbonyl (C=O) groups is 1. The molecular weight excluding hydrogens is 286 g/mol. The van der Waals surface area contributed by atoms with Crippen LogP contribution in [0.15, 0.2) is 18.2 Å². The summed E-state index contributed by atoms with van der Waals surface area (Å²) >= 11 is 6.12. The fraction of sp³-hybridized carbons (Fsp3) is 0.471. The van der Waals surface area contributed by atoms with Gasteiger partial charge in [0.15, 0.2) is 0 Å². The third kappa shape index (κ3) is 4.23. The number of nitrogens with one attached hydrogen (secondary N) is 1. The highest BCUT2D eigenvalue weighted by Crippen LogP contribution is 2.28. The predicted octanol–water partition coefficient (Wildman–Crippen LogP) is 3.14. The van der Waals surface area contributed by atoms with Gasteiger partial charge < -0.3 is 10.4 Å². The number of aliphatic hydroxyl groups excluding tert-OH is 1. The Hall–Kier alpha value is -1.50. The summed E-state index contributed by atoms with van der Waals surface area (Å²) < 4.78 is 0. The van der Waals surface area contributed by atoms with Crippen molar-refractivity contribution in [2.45, 2.75) is 44.6 Å². The van der Waals surface area contributed by atoms with E-state index >= 15 is 0 Å². The fourth-order valence-electron chi connectivity index (χ4n) is 2.70. The van der Waals surface area contributed by atoms with Crippen LogP contribution in [-0.4, -0.2) is 23.2 Å². The van der Waals surface area contributed by atoms with Crippen LogP contribution in [0.5, 0.6) is 0 Å². The lowest BCUT2D eigenvalue weighted by molar-refractivity contribution is 0.0882. The zero-order valence-electron chi connectivity index (χ0n) is 12.2. The molecule has 1 fully saturated rings. The summed E-state index contributed by atoms with van der Waals surface area (Å²) in [7, 11) is 0. The van der Waals surface area contributed by atoms with Crippen molar-refractivity contribution in [3.05, 3.63) is 34.3 Å². The lowest BCUT2D eigenvalue weighted by Crippen LogP contribution is -2.47. The van der Waals surface area contributed by atoms with Crippen LogP contribution in [-0.2, 0) is 0 Å². The molecule has 1 aliphatic carbocycles. The largest absolute Gasteiger partial charge is 0.384 e. The Morgan fingerprint density at radius 2 is 2.10 bits per heavy atom. The van der Waals surface area contributed by atoms with Gasteiger partial charge in [-0.2, -0.15) is 0 Å². The maximum atomic E-state index is 12.3. The Morgan fingerprint density at radius 1 is 1.38 bits per heavy atom. The summed E-state index contributed by atoms with van der Waals surface area (Å²) in [6.07, 6.45) is 5.61. The van der Waals surface area contributed by atoms with E-state index in [1.54, 1.807) is 18.2 Å². The normalized spacial score (nSPS) is 16.7. The summed E-state index contributed by atoms with van der Waals surface area (Å²) in [4.78, 5) is 12.3. The summed E-state index contributed by atoms with van der Waals surface area (Å²) in [5, 5.41) is 12.2. The van der Waals surface area contributed by atoms with E-state index in [1.807, 2.05) is 0 Å². The molecule has 0 atom stereocenters. The molecule has 2 N–H and O–H groups in total. The molecule has 1 amide bonds. The number of aliphatic hydroxyl groups is 1. The molecule has 3 nitrogen and oxygen atoms in total. The lowest BCUT2D eigenvalue weighted by Gasteiger charge is -2.34. The van der Waals surface area contributed by atoms with Crippen LogP contribution in [0.25, 0.3) is 0 Å². The van der Waals surface area contributed by atoms with Crippen molar-refractivity contribution in [1.82, 2.24) is 5.32 Å². The summed E-state index contributed by atoms with van der Waals surface area (Å²) in [5.41, 5.74) is 1.05. The SMILES string of the molecule is CC1(NC(=O)c2ccc(C#CCO)c(Cl)c2)CCCCC1. The van der Waals surface area contributed by atoms with Gasteiger partial charge in [-0.1, -0.05) is 42.7 Å². The third-order valence-corrected chi connectivity index (χ3v) is 4.22. The molecule has 21 heavy (non-hydrogen) atoms. The highest BCUT2D eigenvalue weighted by Gasteiger charge is 2.28. The van der Waals surface area contributed by atoms with Crippen molar-refractivity contribution < 1.29 is 9.90 Å². The maximum absolute atomic E-state index is 12.3. The molecule has 1 aliphatic rings. The Labute approximate surface area is 130 Å². The highest BCUT2D eigenvalue weighted by molar-refractivity contribution is 6.32. The Balaban J connectivity index is 2.11. The number of halogens is 1. The highest BCUT2D eigenvalue weighted by atomic mass is 35.5. The minimum Gasteiger partial charge on any atom is -0.384 e. The average molecular weight is 306 g/mol. The van der Waals surface area contributed by atoms with Gasteiger partial charge in [-0.05, 0) is 38.0 Å². The van der Waals surface area contributed by atoms with Gasteiger partial charge in [0.1, 0.15) is 6.61 Å². The van der Waals surface area contributed by atoms with Crippen LogP contribution in [0.4, 0.5) is 0 Å². The first kappa shape index (κ1) is 15.9. The van der Waals surface area contributed by atoms with Crippen LogP contribution in [0.1, 0.15) is 54.9 Å². The Bertz CT molecular complexity index is 580. The molecule has 112 valence electrons. The first-order valence-electron chi connectivity index (χ1n) is 7.26. The number of hydrogen-bond donors (Lipinski definition) is 2. The minimum atomic E-state index is -0.211. The van der Waals surface area contributed by atoms with E-state index in [9.17, 15) is 4.79 Å². The molecule has 1 aromatic rings. The van der Waals surface area contributed by atoms with E-state index in [-0.39, 0.29) is 18.1 Å². The molecule has 1 aromatic carbocycles. The first-order valence-corrected chi connectivity index (χ1v) is 7.64. The van der Waals surface area contributed by atoms with Crippen molar-refractivity contribution in [3.8, 4) is 11.8 Å². The standard InChI is InChI=1S/C17H20ClNO2/c1-17(9-3-2-4-10-17)19-16(21)14-8-7-13(6-5-11-20)15(18)12-14/h7-8,12,20H,2-4,9-11H2,1H3,(H,19,21). The van der Waals surface area contributed by atoms with E-state index in [0.717, 1.165) is 25.7 Å². The summed E-state index contributed by atoms with van der Waals surface area (Å²) in [6, 6.07) is 5.06. The Kier molecular flexibility index (Phi) is 5.27. The molecule has 2 rings (SSSR count). The summed E-state index contributed by atoms with van der Waals surface area (Å²) in [6.45, 7) is 1.89. The van der Waals surface area contributed by atoms with Crippen molar-refractivity contribution in [1.29, 1.82) is 0 Å². The average Bonchev–Trinajstić information content (AvgIpc) is 2.46. The number of carbonyl (C=O) groups excluding carboxylic acids is 1. The zero-order chi connectivity index (χ0) is 15.3. The minimum absolute atomic E-state index is 0.0945. The summed E-state index contributed by atoms with van der Waals surface area (Å²) in [5.74, 6) is 5.21. The smallest absolute Gasteiger partial charge is 0.251 e. The van der Waals surface area contributed by atoms with Crippen molar-refractivity contribution in [3.63, 3.8) is 0 Å². The van der Waals surface area contributed by atoms with Crippen LogP contribution in [0.2, 0.25) is 5.02 Å². The van der Waals surface area contributed by atoms with Crippen LogP contribution < -0.4 is 5.32 Å². The molecule has 0 bridgehead atoms. The van der Waals surface area contributed by atoms with Gasteiger partial charge >= 0.3 is 0 Å². The van der Waals surface area contributed by atoms with E-state index < -0.39 is 0 Å². The molecule has 0 unspecified atom stereocenters. The van der Waals surface area contributed by atoms with Gasteiger partial charge in [0.05, 0.1) is 5.02 Å². The molecular formula is C17H20ClNO2. The molecule has 0 heterocycles. The quantitative estimate of drug-likeness (QED) is 0.825. The maximum Gasteiger partial charge on any atom is 0.251 e. The van der Waals surface area contributed by atoms with E-state index in [0.29, 0.717) is 16.1 Å². The van der Waals surface area contributed by atoms with Gasteiger partial charge in [0.2, 0.25) is 0 Å². The second-order valence-electron chi connectivity index (χ2n) is 5.73. The van der Waals surface area contributed by atoms with E-state index in [1.165, 1.54) is 6.42 Å². The molecule has 0 aromatic heterocycles. The second kappa shape index (κ2) is 6.98. The number of hydrogen-bond acceptors (Lipinski definition) is 2. The molecule has 1 saturated carbocycles. The van der Waals surface area contributed by atoms with Gasteiger partial charge in [-0.3, -0.25) is 4.79 Å².